The second-order valence-corrected chi connectivity index (χ2v) is 5.64. The van der Waals surface area contributed by atoms with Gasteiger partial charge in [0.05, 0.1) is 0 Å². The van der Waals surface area contributed by atoms with Gasteiger partial charge in [0.2, 0.25) is 0 Å². The second-order valence-electron chi connectivity index (χ2n) is 5.64. The van der Waals surface area contributed by atoms with Gasteiger partial charge in [0, 0.05) is 12.6 Å². The minimum Gasteiger partial charge on any atom is -0.481 e. The number of hydrogen-bond acceptors (Lipinski definition) is 3. The van der Waals surface area contributed by atoms with Crippen LogP contribution in [0.1, 0.15) is 32.8 Å². The van der Waals surface area contributed by atoms with Gasteiger partial charge in [-0.05, 0) is 38.3 Å². The molecule has 0 aliphatic heterocycles. The van der Waals surface area contributed by atoms with Crippen LogP contribution in [0, 0.1) is 12.8 Å². The van der Waals surface area contributed by atoms with Gasteiger partial charge in [0.25, 0.3) is 5.91 Å². The minimum atomic E-state index is -0.529. The number of aryl methyl sites for hydroxylation is 1. The molecule has 0 heterocycles. The van der Waals surface area contributed by atoms with E-state index in [4.69, 9.17) is 10.5 Å². The molecule has 1 aromatic carbocycles. The van der Waals surface area contributed by atoms with Crippen LogP contribution in [-0.2, 0) is 4.79 Å². The molecule has 0 spiro atoms. The van der Waals surface area contributed by atoms with Gasteiger partial charge in [-0.3, -0.25) is 4.79 Å². The number of benzene rings is 1. The van der Waals surface area contributed by atoms with Gasteiger partial charge >= 0.3 is 0 Å². The number of ether oxygens (including phenoxy) is 1. The summed E-state index contributed by atoms with van der Waals surface area (Å²) in [5.41, 5.74) is 6.84. The fourth-order valence-corrected chi connectivity index (χ4v) is 1.98. The highest BCUT2D eigenvalue weighted by Crippen LogP contribution is 2.13. The Morgan fingerprint density at radius 1 is 1.24 bits per heavy atom. The van der Waals surface area contributed by atoms with Crippen molar-refractivity contribution in [3.63, 3.8) is 0 Å². The van der Waals surface area contributed by atoms with Crippen molar-refractivity contribution in [1.82, 2.24) is 5.32 Å². The monoisotopic (exact) mass is 314 g/mol. The number of carbonyl (C=O) groups is 1. The molecule has 4 nitrogen and oxygen atoms in total. The topological polar surface area (TPSA) is 64.3 Å². The van der Waals surface area contributed by atoms with Gasteiger partial charge in [-0.1, -0.05) is 31.5 Å². The summed E-state index contributed by atoms with van der Waals surface area (Å²) in [5, 5.41) is 2.94. The molecule has 1 amide bonds. The summed E-state index contributed by atoms with van der Waals surface area (Å²) in [6.45, 7) is 8.43. The molecular formula is C16H27ClN2O2. The molecule has 0 fully saturated rings. The highest BCUT2D eigenvalue weighted by molar-refractivity contribution is 5.85. The van der Waals surface area contributed by atoms with Crippen LogP contribution in [0.5, 0.6) is 5.75 Å². The number of nitrogens with two attached hydrogens (primary N) is 1. The van der Waals surface area contributed by atoms with Crippen molar-refractivity contribution in [3.8, 4) is 5.75 Å². The van der Waals surface area contributed by atoms with E-state index < -0.39 is 6.10 Å². The number of carbonyl (C=O) groups excluding carboxylic acids is 1. The number of halogens is 1. The Hall–Kier alpha value is -1.26. The molecule has 0 aromatic heterocycles. The fourth-order valence-electron chi connectivity index (χ4n) is 1.98. The first-order valence-corrected chi connectivity index (χ1v) is 7.16. The summed E-state index contributed by atoms with van der Waals surface area (Å²) in [6, 6.07) is 7.66. The lowest BCUT2D eigenvalue weighted by Crippen LogP contribution is -2.46. The molecule has 0 aliphatic carbocycles. The van der Waals surface area contributed by atoms with Crippen molar-refractivity contribution >= 4 is 18.3 Å². The third-order valence-electron chi connectivity index (χ3n) is 3.09. The van der Waals surface area contributed by atoms with Crippen LogP contribution in [0.3, 0.4) is 0 Å². The molecular weight excluding hydrogens is 288 g/mol. The summed E-state index contributed by atoms with van der Waals surface area (Å²) in [7, 11) is 0. The van der Waals surface area contributed by atoms with Crippen molar-refractivity contribution in [1.29, 1.82) is 0 Å². The van der Waals surface area contributed by atoms with Crippen LogP contribution in [0.25, 0.3) is 0 Å². The van der Waals surface area contributed by atoms with Crippen molar-refractivity contribution < 1.29 is 9.53 Å². The molecule has 2 unspecified atom stereocenters. The predicted octanol–water partition coefficient (Wildman–Crippen LogP) is 2.67. The van der Waals surface area contributed by atoms with E-state index in [1.54, 1.807) is 6.92 Å². The van der Waals surface area contributed by atoms with Crippen LogP contribution < -0.4 is 15.8 Å². The first kappa shape index (κ1) is 19.7. The van der Waals surface area contributed by atoms with E-state index in [2.05, 4.69) is 19.2 Å². The van der Waals surface area contributed by atoms with Crippen LogP contribution in [0.2, 0.25) is 0 Å². The lowest BCUT2D eigenvalue weighted by Gasteiger charge is -2.21. The summed E-state index contributed by atoms with van der Waals surface area (Å²) < 4.78 is 5.63. The Morgan fingerprint density at radius 3 is 2.29 bits per heavy atom. The number of amides is 1. The zero-order valence-electron chi connectivity index (χ0n) is 13.3. The van der Waals surface area contributed by atoms with E-state index in [0.717, 1.165) is 12.0 Å². The molecule has 120 valence electrons. The van der Waals surface area contributed by atoms with E-state index in [9.17, 15) is 4.79 Å². The molecule has 21 heavy (non-hydrogen) atoms. The van der Waals surface area contributed by atoms with Crippen LogP contribution in [0.4, 0.5) is 0 Å². The first-order valence-electron chi connectivity index (χ1n) is 7.16. The normalized spacial score (nSPS) is 13.2. The van der Waals surface area contributed by atoms with Gasteiger partial charge in [0.1, 0.15) is 5.75 Å². The van der Waals surface area contributed by atoms with Crippen molar-refractivity contribution in [2.75, 3.05) is 6.54 Å². The van der Waals surface area contributed by atoms with Crippen LogP contribution in [-0.4, -0.2) is 24.6 Å². The summed E-state index contributed by atoms with van der Waals surface area (Å²) >= 11 is 0. The van der Waals surface area contributed by atoms with Gasteiger partial charge in [-0.15, -0.1) is 12.4 Å². The molecule has 0 radical (unpaired) electrons. The molecule has 1 rings (SSSR count). The van der Waals surface area contributed by atoms with Gasteiger partial charge < -0.3 is 15.8 Å². The maximum absolute atomic E-state index is 12.1. The molecule has 1 aromatic rings. The SMILES string of the molecule is Cc1ccc(OC(C)C(=O)NC(CN)CC(C)C)cc1.Cl. The molecule has 5 heteroatoms. The quantitative estimate of drug-likeness (QED) is 0.813. The summed E-state index contributed by atoms with van der Waals surface area (Å²) in [5.74, 6) is 1.07. The highest BCUT2D eigenvalue weighted by atomic mass is 35.5. The summed E-state index contributed by atoms with van der Waals surface area (Å²) in [6.07, 6.45) is 0.346. The van der Waals surface area contributed by atoms with E-state index in [1.807, 2.05) is 31.2 Å². The average molecular weight is 315 g/mol. The largest absolute Gasteiger partial charge is 0.481 e. The van der Waals surface area contributed by atoms with E-state index in [-0.39, 0.29) is 24.4 Å². The van der Waals surface area contributed by atoms with Gasteiger partial charge in [0.15, 0.2) is 6.10 Å². The third kappa shape index (κ3) is 7.34. The third-order valence-corrected chi connectivity index (χ3v) is 3.09. The Labute approximate surface area is 133 Å². The molecule has 0 saturated carbocycles. The van der Waals surface area contributed by atoms with Crippen molar-refractivity contribution in [3.05, 3.63) is 29.8 Å². The van der Waals surface area contributed by atoms with Gasteiger partial charge in [-0.2, -0.15) is 0 Å². The van der Waals surface area contributed by atoms with Crippen LogP contribution in [0.15, 0.2) is 24.3 Å². The number of hydrogen-bond donors (Lipinski definition) is 2. The molecule has 0 saturated heterocycles. The molecule has 0 aliphatic rings. The number of rotatable bonds is 7. The second kappa shape index (κ2) is 9.64. The zero-order valence-corrected chi connectivity index (χ0v) is 14.1. The van der Waals surface area contributed by atoms with E-state index in [1.165, 1.54) is 0 Å². The Balaban J connectivity index is 0.00000400. The Morgan fingerprint density at radius 2 is 1.81 bits per heavy atom. The smallest absolute Gasteiger partial charge is 0.261 e. The zero-order chi connectivity index (χ0) is 15.1. The molecule has 3 N–H and O–H groups in total. The highest BCUT2D eigenvalue weighted by Gasteiger charge is 2.18. The first-order chi connectivity index (χ1) is 9.42. The fraction of sp³-hybridized carbons (Fsp3) is 0.562. The Bertz CT molecular complexity index is 421. The maximum Gasteiger partial charge on any atom is 0.261 e. The standard InChI is InChI=1S/C16H26N2O2.ClH/c1-11(2)9-14(10-17)18-16(19)13(4)20-15-7-5-12(3)6-8-15;/h5-8,11,13-14H,9-10,17H2,1-4H3,(H,18,19);1H. The summed E-state index contributed by atoms with van der Waals surface area (Å²) in [4.78, 5) is 12.1. The Kier molecular flexibility index (Phi) is 9.06. The average Bonchev–Trinajstić information content (AvgIpc) is 2.39. The lowest BCUT2D eigenvalue weighted by atomic mass is 10.0. The van der Waals surface area contributed by atoms with E-state index >= 15 is 0 Å². The van der Waals surface area contributed by atoms with Crippen LogP contribution >= 0.6 is 12.4 Å². The predicted molar refractivity (Wildman–Crippen MR) is 89.0 cm³/mol. The van der Waals surface area contributed by atoms with Gasteiger partial charge in [-0.25, -0.2) is 0 Å². The van der Waals surface area contributed by atoms with Crippen molar-refractivity contribution in [2.24, 2.45) is 11.7 Å². The maximum atomic E-state index is 12.1. The van der Waals surface area contributed by atoms with E-state index in [0.29, 0.717) is 18.2 Å². The molecule has 2 atom stereocenters. The van der Waals surface area contributed by atoms with Crippen molar-refractivity contribution in [2.45, 2.75) is 46.3 Å². The number of nitrogens with one attached hydrogen (secondary N) is 1. The lowest BCUT2D eigenvalue weighted by molar-refractivity contribution is -0.128. The molecule has 0 bridgehead atoms. The minimum absolute atomic E-state index is 0.